The summed E-state index contributed by atoms with van der Waals surface area (Å²) in [5, 5.41) is 0. The quantitative estimate of drug-likeness (QED) is 0.414. The first-order chi connectivity index (χ1) is 8.99. The van der Waals surface area contributed by atoms with Crippen molar-refractivity contribution in [2.24, 2.45) is 5.41 Å². The van der Waals surface area contributed by atoms with E-state index in [0.717, 1.165) is 24.8 Å². The van der Waals surface area contributed by atoms with Crippen molar-refractivity contribution in [1.82, 2.24) is 0 Å². The summed E-state index contributed by atoms with van der Waals surface area (Å²) in [6.07, 6.45) is 2.91. The van der Waals surface area contributed by atoms with Gasteiger partial charge in [-0.1, -0.05) is 18.2 Å². The molecule has 0 heterocycles. The Morgan fingerprint density at radius 2 is 1.84 bits per heavy atom. The van der Waals surface area contributed by atoms with E-state index in [-0.39, 0.29) is 18.8 Å². The summed E-state index contributed by atoms with van der Waals surface area (Å²) < 4.78 is 37.5. The largest absolute Gasteiger partial charge is 0.468 e. The Bertz CT molecular complexity index is 493. The molecule has 1 aromatic rings. The highest BCUT2D eigenvalue weighted by molar-refractivity contribution is 7.85. The monoisotopic (exact) mass is 286 g/mol. The van der Waals surface area contributed by atoms with Gasteiger partial charge in [-0.25, -0.2) is 0 Å². The lowest BCUT2D eigenvalue weighted by atomic mass is 10.1. The normalized spacial score (nSPS) is 17.1. The van der Waals surface area contributed by atoms with E-state index in [0.29, 0.717) is 6.61 Å². The molecule has 1 fully saturated rings. The molecule has 0 aliphatic heterocycles. The first-order valence-corrected chi connectivity index (χ1v) is 7.91. The summed E-state index contributed by atoms with van der Waals surface area (Å²) in [6.45, 7) is 0.803. The fourth-order valence-corrected chi connectivity index (χ4v) is 2.09. The van der Waals surface area contributed by atoms with Crippen LogP contribution in [0.4, 0.5) is 0 Å². The Labute approximate surface area is 113 Å². The highest BCUT2D eigenvalue weighted by Crippen LogP contribution is 2.46. The molecule has 1 aliphatic rings. The molecule has 0 radical (unpaired) electrons. The molecule has 106 valence electrons. The number of rotatable bonds is 8. The number of hydrogen-bond donors (Lipinski definition) is 0. The van der Waals surface area contributed by atoms with Crippen LogP contribution in [0.2, 0.25) is 0 Å². The second kappa shape index (κ2) is 5.90. The van der Waals surface area contributed by atoms with Crippen molar-refractivity contribution in [3.05, 3.63) is 30.3 Å². The van der Waals surface area contributed by atoms with Crippen LogP contribution in [0, 0.1) is 5.41 Å². The lowest BCUT2D eigenvalue weighted by Gasteiger charge is -2.15. The van der Waals surface area contributed by atoms with Gasteiger partial charge in [0.2, 0.25) is 0 Å². The number of para-hydroxylation sites is 1. The minimum Gasteiger partial charge on any atom is -0.468 e. The van der Waals surface area contributed by atoms with Crippen LogP contribution in [0.3, 0.4) is 0 Å². The summed E-state index contributed by atoms with van der Waals surface area (Å²) in [4.78, 5) is 0. The molecule has 0 aromatic heterocycles. The smallest absolute Gasteiger partial charge is 0.264 e. The van der Waals surface area contributed by atoms with Crippen LogP contribution in [0.1, 0.15) is 12.8 Å². The second-order valence-corrected chi connectivity index (χ2v) is 6.53. The summed E-state index contributed by atoms with van der Waals surface area (Å²) in [5.74, 6) is 0.750. The number of benzene rings is 1. The Kier molecular flexibility index (Phi) is 4.44. The van der Waals surface area contributed by atoms with Crippen LogP contribution >= 0.6 is 0 Å². The van der Waals surface area contributed by atoms with Crippen LogP contribution in [-0.4, -0.2) is 34.7 Å². The molecule has 0 amide bonds. The van der Waals surface area contributed by atoms with Crippen molar-refractivity contribution in [1.29, 1.82) is 0 Å². The summed E-state index contributed by atoms with van der Waals surface area (Å²) in [6, 6.07) is 9.39. The average Bonchev–Trinajstić information content (AvgIpc) is 3.14. The second-order valence-electron chi connectivity index (χ2n) is 4.89. The molecule has 0 atom stereocenters. The SMILES string of the molecule is CS(=O)(=O)OCC1(COCOc2ccccc2)CC1. The molecule has 0 spiro atoms. The molecule has 0 saturated heterocycles. The van der Waals surface area contributed by atoms with Crippen LogP contribution < -0.4 is 4.74 Å². The van der Waals surface area contributed by atoms with E-state index in [1.807, 2.05) is 30.3 Å². The van der Waals surface area contributed by atoms with Crippen molar-refractivity contribution in [2.45, 2.75) is 12.8 Å². The van der Waals surface area contributed by atoms with Gasteiger partial charge in [-0.15, -0.1) is 0 Å². The van der Waals surface area contributed by atoms with E-state index >= 15 is 0 Å². The third-order valence-corrected chi connectivity index (χ3v) is 3.54. The fraction of sp³-hybridized carbons (Fsp3) is 0.538. The van der Waals surface area contributed by atoms with E-state index < -0.39 is 10.1 Å². The molecule has 0 bridgehead atoms. The van der Waals surface area contributed by atoms with Gasteiger partial charge < -0.3 is 9.47 Å². The van der Waals surface area contributed by atoms with Gasteiger partial charge in [-0.05, 0) is 25.0 Å². The maximum absolute atomic E-state index is 10.9. The van der Waals surface area contributed by atoms with Gasteiger partial charge in [-0.2, -0.15) is 8.42 Å². The summed E-state index contributed by atoms with van der Waals surface area (Å²) in [5.41, 5.74) is -0.150. The molecule has 1 saturated carbocycles. The standard InChI is InChI=1S/C13H18O5S/c1-19(14,15)18-10-13(7-8-13)9-16-11-17-12-5-3-2-4-6-12/h2-6H,7-11H2,1H3. The van der Waals surface area contributed by atoms with Crippen LogP contribution in [0.15, 0.2) is 30.3 Å². The first-order valence-electron chi connectivity index (χ1n) is 6.09. The number of ether oxygens (including phenoxy) is 2. The molecule has 19 heavy (non-hydrogen) atoms. The lowest BCUT2D eigenvalue weighted by Crippen LogP contribution is -2.21. The molecule has 6 heteroatoms. The van der Waals surface area contributed by atoms with Crippen molar-refractivity contribution < 1.29 is 22.1 Å². The topological polar surface area (TPSA) is 61.8 Å². The Morgan fingerprint density at radius 1 is 1.16 bits per heavy atom. The Balaban J connectivity index is 1.66. The highest BCUT2D eigenvalue weighted by atomic mass is 32.2. The third-order valence-electron chi connectivity index (χ3n) is 3.00. The first kappa shape index (κ1) is 14.3. The van der Waals surface area contributed by atoms with E-state index in [1.165, 1.54) is 0 Å². The molecular formula is C13H18O5S. The number of hydrogen-bond acceptors (Lipinski definition) is 5. The van der Waals surface area contributed by atoms with Gasteiger partial charge >= 0.3 is 0 Å². The van der Waals surface area contributed by atoms with Crippen molar-refractivity contribution >= 4 is 10.1 Å². The summed E-state index contributed by atoms with van der Waals surface area (Å²) >= 11 is 0. The molecule has 1 aromatic carbocycles. The maximum Gasteiger partial charge on any atom is 0.264 e. The van der Waals surface area contributed by atoms with Gasteiger partial charge in [0.15, 0.2) is 6.79 Å². The predicted octanol–water partition coefficient (Wildman–Crippen LogP) is 1.80. The van der Waals surface area contributed by atoms with Gasteiger partial charge in [0, 0.05) is 5.41 Å². The average molecular weight is 286 g/mol. The Hall–Kier alpha value is -1.11. The Morgan fingerprint density at radius 3 is 2.42 bits per heavy atom. The van der Waals surface area contributed by atoms with Gasteiger partial charge in [-0.3, -0.25) is 4.18 Å². The minimum absolute atomic E-state index is 0.150. The highest BCUT2D eigenvalue weighted by Gasteiger charge is 2.44. The van der Waals surface area contributed by atoms with Crippen molar-refractivity contribution in [2.75, 3.05) is 26.3 Å². The van der Waals surface area contributed by atoms with Gasteiger partial charge in [0.25, 0.3) is 10.1 Å². The van der Waals surface area contributed by atoms with Crippen molar-refractivity contribution in [3.8, 4) is 5.75 Å². The zero-order valence-corrected chi connectivity index (χ0v) is 11.7. The minimum atomic E-state index is -3.38. The van der Waals surface area contributed by atoms with E-state index in [9.17, 15) is 8.42 Å². The van der Waals surface area contributed by atoms with Crippen molar-refractivity contribution in [3.63, 3.8) is 0 Å². The molecule has 0 unspecified atom stereocenters. The zero-order valence-electron chi connectivity index (χ0n) is 10.9. The fourth-order valence-electron chi connectivity index (χ4n) is 1.62. The summed E-state index contributed by atoms with van der Waals surface area (Å²) in [7, 11) is -3.38. The van der Waals surface area contributed by atoms with E-state index in [4.69, 9.17) is 13.7 Å². The maximum atomic E-state index is 10.9. The lowest BCUT2D eigenvalue weighted by molar-refractivity contribution is -0.0153. The van der Waals surface area contributed by atoms with E-state index in [1.54, 1.807) is 0 Å². The molecule has 0 N–H and O–H groups in total. The zero-order chi connectivity index (χ0) is 13.8. The van der Waals surface area contributed by atoms with Crippen LogP contribution in [-0.2, 0) is 19.0 Å². The van der Waals surface area contributed by atoms with Gasteiger partial charge in [0.1, 0.15) is 5.75 Å². The molecule has 1 aliphatic carbocycles. The van der Waals surface area contributed by atoms with Crippen LogP contribution in [0.5, 0.6) is 5.75 Å². The van der Waals surface area contributed by atoms with Crippen LogP contribution in [0.25, 0.3) is 0 Å². The van der Waals surface area contributed by atoms with Gasteiger partial charge in [0.05, 0.1) is 19.5 Å². The van der Waals surface area contributed by atoms with E-state index in [2.05, 4.69) is 0 Å². The predicted molar refractivity (Wildman–Crippen MR) is 70.4 cm³/mol. The third kappa shape index (κ3) is 5.18. The molecular weight excluding hydrogens is 268 g/mol. The molecule has 2 rings (SSSR count). The molecule has 5 nitrogen and oxygen atoms in total.